The second-order valence-electron chi connectivity index (χ2n) is 11.6. The van der Waals surface area contributed by atoms with Crippen molar-refractivity contribution in [3.8, 4) is 33.4 Å². The quantitative estimate of drug-likeness (QED) is 0.199. The Morgan fingerprint density at radius 1 is 0.476 bits per heavy atom. The zero-order chi connectivity index (χ0) is 27.6. The van der Waals surface area contributed by atoms with E-state index >= 15 is 0 Å². The van der Waals surface area contributed by atoms with Gasteiger partial charge in [0.25, 0.3) is 0 Å². The number of benzene rings is 7. The molecule has 0 fully saturated rings. The molecule has 0 aromatic heterocycles. The average molecular weight is 533 g/mol. The highest BCUT2D eigenvalue weighted by molar-refractivity contribution is 6.25. The van der Waals surface area contributed by atoms with Crippen LogP contribution in [0.2, 0.25) is 0 Å². The van der Waals surface area contributed by atoms with E-state index in [-0.39, 0.29) is 0 Å². The third kappa shape index (κ3) is 3.55. The van der Waals surface area contributed by atoms with Gasteiger partial charge in [-0.2, -0.15) is 0 Å². The number of rotatable bonds is 3. The van der Waals surface area contributed by atoms with Crippen LogP contribution < -0.4 is 0 Å². The van der Waals surface area contributed by atoms with Gasteiger partial charge in [0.05, 0.1) is 0 Å². The van der Waals surface area contributed by atoms with E-state index < -0.39 is 0 Å². The Bertz CT molecular complexity index is 2220. The summed E-state index contributed by atoms with van der Waals surface area (Å²) in [4.78, 5) is 0. The molecule has 0 saturated heterocycles. The first-order valence-corrected chi connectivity index (χ1v) is 14.9. The van der Waals surface area contributed by atoms with Gasteiger partial charge >= 0.3 is 0 Å². The van der Waals surface area contributed by atoms with Crippen molar-refractivity contribution >= 4 is 38.4 Å². The van der Waals surface area contributed by atoms with Gasteiger partial charge in [0.15, 0.2) is 0 Å². The highest BCUT2D eigenvalue weighted by Crippen LogP contribution is 2.43. The highest BCUT2D eigenvalue weighted by Gasteiger charge is 2.23. The molecule has 0 nitrogen and oxygen atoms in total. The van der Waals surface area contributed by atoms with E-state index in [1.807, 2.05) is 0 Å². The standard InChI is InChI=1S/C42H28/c1-2-8-35-29(5-1)21-25-39-36(9-4-10-38(35)39)30-15-11-27(12-16-30)28-13-17-31(18-14-28)37-24-22-34-20-19-32-6-3-7-33-23-26-40(37)42(34)41(32)33/h1-7,9-26,35H,8H2. The van der Waals surface area contributed by atoms with Crippen molar-refractivity contribution < 1.29 is 0 Å². The summed E-state index contributed by atoms with van der Waals surface area (Å²) in [6.45, 7) is 0. The van der Waals surface area contributed by atoms with Crippen LogP contribution in [0.15, 0.2) is 151 Å². The molecule has 0 heterocycles. The van der Waals surface area contributed by atoms with Crippen LogP contribution in [0, 0.1) is 0 Å². The molecule has 42 heavy (non-hydrogen) atoms. The van der Waals surface area contributed by atoms with Crippen molar-refractivity contribution in [3.05, 3.63) is 162 Å². The number of fused-ring (bicyclic) bond motifs is 3. The molecule has 2 aliphatic rings. The van der Waals surface area contributed by atoms with Gasteiger partial charge in [-0.3, -0.25) is 0 Å². The summed E-state index contributed by atoms with van der Waals surface area (Å²) >= 11 is 0. The highest BCUT2D eigenvalue weighted by atomic mass is 14.3. The van der Waals surface area contributed by atoms with Gasteiger partial charge in [0, 0.05) is 5.92 Å². The minimum atomic E-state index is 0.473. The van der Waals surface area contributed by atoms with Crippen molar-refractivity contribution in [2.75, 3.05) is 0 Å². The van der Waals surface area contributed by atoms with Crippen LogP contribution in [0.25, 0.3) is 71.8 Å². The summed E-state index contributed by atoms with van der Waals surface area (Å²) in [5, 5.41) is 7.97. The maximum Gasteiger partial charge on any atom is 0.0130 e. The van der Waals surface area contributed by atoms with Gasteiger partial charge in [-0.05, 0) is 88.8 Å². The summed E-state index contributed by atoms with van der Waals surface area (Å²) in [6, 6.07) is 45.2. The summed E-state index contributed by atoms with van der Waals surface area (Å²) in [5.41, 5.74) is 11.8. The Kier molecular flexibility index (Phi) is 5.12. The fraction of sp³-hybridized carbons (Fsp3) is 0.0476. The zero-order valence-corrected chi connectivity index (χ0v) is 23.2. The largest absolute Gasteiger partial charge is 0.0836 e. The number of hydrogen-bond donors (Lipinski definition) is 0. The normalized spacial score (nSPS) is 15.7. The van der Waals surface area contributed by atoms with Crippen LogP contribution in [0.5, 0.6) is 0 Å². The van der Waals surface area contributed by atoms with Crippen LogP contribution in [0.4, 0.5) is 0 Å². The van der Waals surface area contributed by atoms with Crippen molar-refractivity contribution in [2.24, 2.45) is 0 Å². The van der Waals surface area contributed by atoms with Crippen LogP contribution >= 0.6 is 0 Å². The van der Waals surface area contributed by atoms with Crippen molar-refractivity contribution in [1.82, 2.24) is 0 Å². The second-order valence-corrected chi connectivity index (χ2v) is 11.6. The minimum absolute atomic E-state index is 0.473. The lowest BCUT2D eigenvalue weighted by atomic mass is 9.77. The first-order chi connectivity index (χ1) is 20.8. The van der Waals surface area contributed by atoms with Crippen molar-refractivity contribution in [3.63, 3.8) is 0 Å². The Balaban J connectivity index is 1.06. The van der Waals surface area contributed by atoms with Crippen LogP contribution in [-0.4, -0.2) is 0 Å². The molecule has 9 rings (SSSR count). The molecule has 7 aromatic rings. The van der Waals surface area contributed by atoms with Gasteiger partial charge in [-0.1, -0.05) is 152 Å². The van der Waals surface area contributed by atoms with E-state index in [2.05, 4.69) is 152 Å². The summed E-state index contributed by atoms with van der Waals surface area (Å²) in [6.07, 6.45) is 12.4. The summed E-state index contributed by atoms with van der Waals surface area (Å²) < 4.78 is 0. The lowest BCUT2D eigenvalue weighted by molar-refractivity contribution is 0.811. The Hall–Kier alpha value is -5.20. The Labute approximate surface area is 245 Å². The topological polar surface area (TPSA) is 0 Å². The third-order valence-electron chi connectivity index (χ3n) is 9.41. The molecule has 0 N–H and O–H groups in total. The van der Waals surface area contributed by atoms with Crippen LogP contribution in [0.1, 0.15) is 23.5 Å². The predicted molar refractivity (Wildman–Crippen MR) is 180 cm³/mol. The fourth-order valence-electron chi connectivity index (χ4n) is 7.30. The lowest BCUT2D eigenvalue weighted by Crippen LogP contribution is -2.09. The van der Waals surface area contributed by atoms with E-state index in [1.165, 1.54) is 82.4 Å². The first-order valence-electron chi connectivity index (χ1n) is 14.9. The molecule has 7 aromatic carbocycles. The molecule has 0 aliphatic heterocycles. The second kappa shape index (κ2) is 9.16. The molecular formula is C42H28. The third-order valence-corrected chi connectivity index (χ3v) is 9.41. The molecule has 0 amide bonds. The fourth-order valence-corrected chi connectivity index (χ4v) is 7.30. The van der Waals surface area contributed by atoms with Crippen molar-refractivity contribution in [1.29, 1.82) is 0 Å². The SMILES string of the molecule is C1=CCC2C(=C1)C=Cc1c(-c3ccc(-c4ccc(-c5ccc6ccc7cccc8ccc5c6c78)cc4)cc3)cccc12. The number of hydrogen-bond acceptors (Lipinski definition) is 0. The van der Waals surface area contributed by atoms with Gasteiger partial charge in [-0.15, -0.1) is 0 Å². The Morgan fingerprint density at radius 3 is 1.86 bits per heavy atom. The maximum absolute atomic E-state index is 2.30. The predicted octanol–water partition coefficient (Wildman–Crippen LogP) is 11.6. The monoisotopic (exact) mass is 532 g/mol. The van der Waals surface area contributed by atoms with E-state index in [0.717, 1.165) is 6.42 Å². The zero-order valence-electron chi connectivity index (χ0n) is 23.2. The molecule has 196 valence electrons. The molecule has 1 unspecified atom stereocenters. The molecule has 0 saturated carbocycles. The van der Waals surface area contributed by atoms with Crippen LogP contribution in [0.3, 0.4) is 0 Å². The summed E-state index contributed by atoms with van der Waals surface area (Å²) in [5.74, 6) is 0.473. The molecule has 0 heteroatoms. The van der Waals surface area contributed by atoms with Gasteiger partial charge in [0.2, 0.25) is 0 Å². The maximum atomic E-state index is 2.30. The van der Waals surface area contributed by atoms with Gasteiger partial charge in [-0.25, -0.2) is 0 Å². The minimum Gasteiger partial charge on any atom is -0.0836 e. The van der Waals surface area contributed by atoms with E-state index in [9.17, 15) is 0 Å². The molecule has 0 radical (unpaired) electrons. The van der Waals surface area contributed by atoms with Crippen molar-refractivity contribution in [2.45, 2.75) is 12.3 Å². The molecule has 1 atom stereocenters. The molecule has 0 spiro atoms. The Morgan fingerprint density at radius 2 is 1.10 bits per heavy atom. The molecular weight excluding hydrogens is 504 g/mol. The first kappa shape index (κ1) is 23.5. The molecule has 2 aliphatic carbocycles. The lowest BCUT2D eigenvalue weighted by Gasteiger charge is -2.27. The van der Waals surface area contributed by atoms with E-state index in [1.54, 1.807) is 0 Å². The van der Waals surface area contributed by atoms with E-state index in [0.29, 0.717) is 5.92 Å². The number of allylic oxidation sites excluding steroid dienone is 5. The van der Waals surface area contributed by atoms with Gasteiger partial charge in [0.1, 0.15) is 0 Å². The summed E-state index contributed by atoms with van der Waals surface area (Å²) in [7, 11) is 0. The van der Waals surface area contributed by atoms with Crippen LogP contribution in [-0.2, 0) is 0 Å². The van der Waals surface area contributed by atoms with Gasteiger partial charge < -0.3 is 0 Å². The molecule has 0 bridgehead atoms. The average Bonchev–Trinajstić information content (AvgIpc) is 3.07. The smallest absolute Gasteiger partial charge is 0.0130 e. The van der Waals surface area contributed by atoms with E-state index in [4.69, 9.17) is 0 Å².